The number of anilines is 1. The predicted octanol–water partition coefficient (Wildman–Crippen LogP) is 3.27. The zero-order valence-electron chi connectivity index (χ0n) is 20.0. The first-order chi connectivity index (χ1) is 15.0. The second-order valence-electron chi connectivity index (χ2n) is 8.70. The van der Waals surface area contributed by atoms with E-state index in [4.69, 9.17) is 14.5 Å². The van der Waals surface area contributed by atoms with E-state index in [1.165, 1.54) is 0 Å². The number of guanidine groups is 1. The first-order valence-electron chi connectivity index (χ1n) is 11.6. The van der Waals surface area contributed by atoms with Crippen LogP contribution in [0.25, 0.3) is 0 Å². The Balaban J connectivity index is 1.94. The van der Waals surface area contributed by atoms with Crippen molar-refractivity contribution in [3.05, 3.63) is 18.2 Å². The van der Waals surface area contributed by atoms with Crippen molar-refractivity contribution >= 4 is 11.6 Å². The maximum atomic E-state index is 9.36. The molecule has 0 saturated carbocycles. The molecule has 0 amide bonds. The minimum absolute atomic E-state index is 0.227. The summed E-state index contributed by atoms with van der Waals surface area (Å²) in [6, 6.07) is 6.43. The summed E-state index contributed by atoms with van der Waals surface area (Å²) in [5.41, 5.74) is 1.13. The van der Waals surface area contributed by atoms with Crippen molar-refractivity contribution < 1.29 is 14.6 Å². The molecule has 0 spiro atoms. The van der Waals surface area contributed by atoms with Crippen molar-refractivity contribution in [1.29, 1.82) is 0 Å². The molecule has 1 unspecified atom stereocenters. The number of hydrogen-bond acceptors (Lipinski definition) is 5. The molecule has 1 aromatic rings. The van der Waals surface area contributed by atoms with Gasteiger partial charge in [0.05, 0.1) is 14.2 Å². The van der Waals surface area contributed by atoms with Gasteiger partial charge in [0.1, 0.15) is 11.5 Å². The molecule has 1 aromatic carbocycles. The van der Waals surface area contributed by atoms with Gasteiger partial charge in [0, 0.05) is 62.7 Å². The molecule has 2 rings (SSSR count). The van der Waals surface area contributed by atoms with Crippen LogP contribution >= 0.6 is 0 Å². The van der Waals surface area contributed by atoms with Gasteiger partial charge in [-0.2, -0.15) is 0 Å². The smallest absolute Gasteiger partial charge is 0.191 e. The van der Waals surface area contributed by atoms with E-state index in [-0.39, 0.29) is 6.61 Å². The molecule has 1 aliphatic heterocycles. The summed E-state index contributed by atoms with van der Waals surface area (Å²) in [7, 11) is 3.37. The van der Waals surface area contributed by atoms with Crippen molar-refractivity contribution in [3.63, 3.8) is 0 Å². The second kappa shape index (κ2) is 13.3. The van der Waals surface area contributed by atoms with Gasteiger partial charge in [-0.05, 0) is 44.4 Å². The molecular weight excluding hydrogens is 392 g/mol. The quantitative estimate of drug-likeness (QED) is 0.366. The average molecular weight is 435 g/mol. The summed E-state index contributed by atoms with van der Waals surface area (Å²) in [5.74, 6) is 3.55. The number of nitrogens with one attached hydrogen (secondary N) is 2. The molecule has 1 aliphatic rings. The molecule has 0 aliphatic carbocycles. The number of benzene rings is 1. The SMILES string of the molecule is CCNC(=NCC(CCO)CC(C)C)NC1CCN(c2cc(OC)cc(OC)c2)CC1. The van der Waals surface area contributed by atoms with Crippen LogP contribution in [0.3, 0.4) is 0 Å². The fourth-order valence-corrected chi connectivity index (χ4v) is 4.12. The van der Waals surface area contributed by atoms with E-state index in [2.05, 4.69) is 48.4 Å². The molecule has 1 heterocycles. The number of aliphatic hydroxyl groups is 1. The Labute approximate surface area is 188 Å². The number of piperidine rings is 1. The maximum Gasteiger partial charge on any atom is 0.191 e. The Morgan fingerprint density at radius 1 is 1.16 bits per heavy atom. The predicted molar refractivity (Wildman–Crippen MR) is 129 cm³/mol. The molecule has 1 fully saturated rings. The van der Waals surface area contributed by atoms with Crippen LogP contribution in [0.5, 0.6) is 11.5 Å². The highest BCUT2D eigenvalue weighted by atomic mass is 16.5. The summed E-state index contributed by atoms with van der Waals surface area (Å²) in [5, 5.41) is 16.4. The van der Waals surface area contributed by atoms with Crippen molar-refractivity contribution in [1.82, 2.24) is 10.6 Å². The Morgan fingerprint density at radius 2 is 1.81 bits per heavy atom. The summed E-state index contributed by atoms with van der Waals surface area (Å²) in [6.07, 6.45) is 3.97. The third-order valence-corrected chi connectivity index (χ3v) is 5.73. The Bertz CT molecular complexity index is 651. The van der Waals surface area contributed by atoms with Gasteiger partial charge in [-0.3, -0.25) is 4.99 Å². The molecular formula is C24H42N4O3. The lowest BCUT2D eigenvalue weighted by atomic mass is 9.94. The third kappa shape index (κ3) is 8.48. The zero-order valence-corrected chi connectivity index (χ0v) is 20.0. The van der Waals surface area contributed by atoms with Crippen LogP contribution in [-0.4, -0.2) is 64.1 Å². The van der Waals surface area contributed by atoms with Gasteiger partial charge in [-0.15, -0.1) is 0 Å². The van der Waals surface area contributed by atoms with Crippen LogP contribution in [-0.2, 0) is 0 Å². The van der Waals surface area contributed by atoms with E-state index in [1.54, 1.807) is 14.2 Å². The molecule has 0 aromatic heterocycles. The van der Waals surface area contributed by atoms with Crippen molar-refractivity contribution in [2.24, 2.45) is 16.8 Å². The number of ether oxygens (including phenoxy) is 2. The second-order valence-corrected chi connectivity index (χ2v) is 8.70. The number of aliphatic imine (C=N–C) groups is 1. The standard InChI is InChI=1S/C24H42N4O3/c1-6-25-24(26-17-19(9-12-29)13-18(2)3)27-20-7-10-28(11-8-20)21-14-22(30-4)16-23(15-21)31-5/h14-16,18-20,29H,6-13,17H2,1-5H3,(H2,25,26,27). The normalized spacial score (nSPS) is 16.4. The molecule has 1 atom stereocenters. The highest BCUT2D eigenvalue weighted by Crippen LogP contribution is 2.30. The molecule has 176 valence electrons. The monoisotopic (exact) mass is 434 g/mol. The molecule has 1 saturated heterocycles. The van der Waals surface area contributed by atoms with E-state index < -0.39 is 0 Å². The van der Waals surface area contributed by atoms with Crippen LogP contribution in [0, 0.1) is 11.8 Å². The minimum Gasteiger partial charge on any atom is -0.497 e. The topological polar surface area (TPSA) is 78.4 Å². The Kier molecular flexibility index (Phi) is 10.8. The van der Waals surface area contributed by atoms with Gasteiger partial charge >= 0.3 is 0 Å². The van der Waals surface area contributed by atoms with E-state index in [1.807, 2.05) is 6.07 Å². The number of rotatable bonds is 11. The zero-order chi connectivity index (χ0) is 22.6. The fraction of sp³-hybridized carbons (Fsp3) is 0.708. The molecule has 7 nitrogen and oxygen atoms in total. The maximum absolute atomic E-state index is 9.36. The number of nitrogens with zero attached hydrogens (tertiary/aromatic N) is 2. The van der Waals surface area contributed by atoms with Crippen molar-refractivity contribution in [2.45, 2.75) is 52.5 Å². The highest BCUT2D eigenvalue weighted by molar-refractivity contribution is 5.80. The van der Waals surface area contributed by atoms with E-state index >= 15 is 0 Å². The summed E-state index contributed by atoms with van der Waals surface area (Å²) in [6.45, 7) is 10.3. The molecule has 0 radical (unpaired) electrons. The lowest BCUT2D eigenvalue weighted by molar-refractivity contribution is 0.245. The van der Waals surface area contributed by atoms with Crippen molar-refractivity contribution in [2.75, 3.05) is 51.9 Å². The first kappa shape index (κ1) is 25.1. The lowest BCUT2D eigenvalue weighted by Crippen LogP contribution is -2.49. The highest BCUT2D eigenvalue weighted by Gasteiger charge is 2.21. The fourth-order valence-electron chi connectivity index (χ4n) is 4.12. The van der Waals surface area contributed by atoms with Crippen LogP contribution in [0.4, 0.5) is 5.69 Å². The van der Waals surface area contributed by atoms with E-state index in [0.717, 1.165) is 75.0 Å². The summed E-state index contributed by atoms with van der Waals surface area (Å²) >= 11 is 0. The molecule has 3 N–H and O–H groups in total. The van der Waals surface area contributed by atoms with Crippen LogP contribution in [0.1, 0.15) is 46.5 Å². The van der Waals surface area contributed by atoms with Crippen LogP contribution in [0.15, 0.2) is 23.2 Å². The number of hydrogen-bond donors (Lipinski definition) is 3. The van der Waals surface area contributed by atoms with Crippen LogP contribution < -0.4 is 25.0 Å². The Morgan fingerprint density at radius 3 is 2.32 bits per heavy atom. The number of aliphatic hydroxyl groups excluding tert-OH is 1. The third-order valence-electron chi connectivity index (χ3n) is 5.73. The Hall–Kier alpha value is -2.15. The lowest BCUT2D eigenvalue weighted by Gasteiger charge is -2.35. The molecule has 31 heavy (non-hydrogen) atoms. The van der Waals surface area contributed by atoms with Gasteiger partial charge in [0.15, 0.2) is 5.96 Å². The average Bonchev–Trinajstić information content (AvgIpc) is 2.77. The number of methoxy groups -OCH3 is 2. The van der Waals surface area contributed by atoms with Gasteiger partial charge < -0.3 is 30.1 Å². The van der Waals surface area contributed by atoms with Crippen LogP contribution in [0.2, 0.25) is 0 Å². The summed E-state index contributed by atoms with van der Waals surface area (Å²) in [4.78, 5) is 7.22. The minimum atomic E-state index is 0.227. The van der Waals surface area contributed by atoms with E-state index in [9.17, 15) is 5.11 Å². The molecule has 7 heteroatoms. The van der Waals surface area contributed by atoms with Gasteiger partial charge in [0.25, 0.3) is 0 Å². The van der Waals surface area contributed by atoms with Gasteiger partial charge in [-0.25, -0.2) is 0 Å². The van der Waals surface area contributed by atoms with Gasteiger partial charge in [-0.1, -0.05) is 13.8 Å². The van der Waals surface area contributed by atoms with E-state index in [0.29, 0.717) is 17.9 Å². The first-order valence-corrected chi connectivity index (χ1v) is 11.6. The largest absolute Gasteiger partial charge is 0.497 e. The molecule has 0 bridgehead atoms. The summed E-state index contributed by atoms with van der Waals surface area (Å²) < 4.78 is 10.8. The van der Waals surface area contributed by atoms with Crippen molar-refractivity contribution in [3.8, 4) is 11.5 Å². The van der Waals surface area contributed by atoms with Gasteiger partial charge in [0.2, 0.25) is 0 Å².